The van der Waals surface area contributed by atoms with Crippen molar-refractivity contribution in [2.24, 2.45) is 5.11 Å². The monoisotopic (exact) mass is 211 g/mol. The fraction of sp³-hybridized carbons (Fsp3) is 0.556. The highest BCUT2D eigenvalue weighted by Gasteiger charge is 2.00. The molecule has 0 bridgehead atoms. The van der Waals surface area contributed by atoms with Gasteiger partial charge in [-0.2, -0.15) is 11.8 Å². The summed E-state index contributed by atoms with van der Waals surface area (Å²) in [6, 6.07) is 1.97. The lowest BCUT2D eigenvalue weighted by molar-refractivity contribution is 0.528. The van der Waals surface area contributed by atoms with Crippen molar-refractivity contribution in [3.05, 3.63) is 34.1 Å². The maximum atomic E-state index is 8.05. The first-order valence-corrected chi connectivity index (χ1v) is 5.61. The van der Waals surface area contributed by atoms with Crippen molar-refractivity contribution >= 4 is 11.8 Å². The number of thioether (sulfide) groups is 1. The van der Waals surface area contributed by atoms with Crippen LogP contribution in [0, 0.1) is 6.92 Å². The summed E-state index contributed by atoms with van der Waals surface area (Å²) in [5.74, 6) is 2.94. The molecule has 0 saturated carbocycles. The number of furan rings is 1. The Labute approximate surface area is 87.3 Å². The summed E-state index contributed by atoms with van der Waals surface area (Å²) in [4.78, 5) is 2.69. The molecular weight excluding hydrogens is 198 g/mol. The van der Waals surface area contributed by atoms with E-state index in [1.807, 2.05) is 13.0 Å². The summed E-state index contributed by atoms with van der Waals surface area (Å²) >= 11 is 1.80. The minimum Gasteiger partial charge on any atom is -0.468 e. The Hall–Kier alpha value is -1.06. The summed E-state index contributed by atoms with van der Waals surface area (Å²) in [5, 5.41) is 3.47. The number of hydrogen-bond acceptors (Lipinski definition) is 3. The molecular formula is C9H13N3OS. The van der Waals surface area contributed by atoms with Crippen LogP contribution in [0.3, 0.4) is 0 Å². The molecule has 14 heavy (non-hydrogen) atoms. The second-order valence-corrected chi connectivity index (χ2v) is 3.99. The minimum atomic E-state index is 0.584. The van der Waals surface area contributed by atoms with Crippen molar-refractivity contribution in [2.45, 2.75) is 19.1 Å². The lowest BCUT2D eigenvalue weighted by atomic mass is 10.3. The van der Waals surface area contributed by atoms with Crippen LogP contribution >= 0.6 is 11.8 Å². The van der Waals surface area contributed by atoms with Gasteiger partial charge in [0.25, 0.3) is 0 Å². The normalized spacial score (nSPS) is 9.79. The predicted molar refractivity (Wildman–Crippen MR) is 58.2 cm³/mol. The number of azide groups is 1. The van der Waals surface area contributed by atoms with Crippen LogP contribution in [0.2, 0.25) is 0 Å². The van der Waals surface area contributed by atoms with Crippen LogP contribution in [0.1, 0.15) is 17.7 Å². The molecule has 0 spiro atoms. The minimum absolute atomic E-state index is 0.584. The van der Waals surface area contributed by atoms with Gasteiger partial charge in [-0.1, -0.05) is 5.11 Å². The first kappa shape index (κ1) is 11.0. The van der Waals surface area contributed by atoms with Crippen molar-refractivity contribution in [3.8, 4) is 0 Å². The topological polar surface area (TPSA) is 61.9 Å². The Morgan fingerprint density at radius 2 is 2.50 bits per heavy atom. The zero-order chi connectivity index (χ0) is 10.2. The predicted octanol–water partition coefficient (Wildman–Crippen LogP) is 3.52. The van der Waals surface area contributed by atoms with Crippen LogP contribution in [-0.2, 0) is 5.75 Å². The van der Waals surface area contributed by atoms with E-state index in [0.29, 0.717) is 6.54 Å². The van der Waals surface area contributed by atoms with Crippen LogP contribution in [0.25, 0.3) is 10.4 Å². The molecule has 0 aromatic carbocycles. The van der Waals surface area contributed by atoms with Gasteiger partial charge in [-0.3, -0.25) is 0 Å². The number of nitrogens with zero attached hydrogens (tertiary/aromatic N) is 3. The van der Waals surface area contributed by atoms with E-state index >= 15 is 0 Å². The average molecular weight is 211 g/mol. The molecule has 1 aromatic rings. The number of hydrogen-bond donors (Lipinski definition) is 0. The Balaban J connectivity index is 2.10. The van der Waals surface area contributed by atoms with Gasteiger partial charge in [0, 0.05) is 11.5 Å². The van der Waals surface area contributed by atoms with Crippen LogP contribution in [0.4, 0.5) is 0 Å². The Morgan fingerprint density at radius 1 is 1.64 bits per heavy atom. The number of rotatable bonds is 6. The van der Waals surface area contributed by atoms with E-state index in [9.17, 15) is 0 Å². The van der Waals surface area contributed by atoms with E-state index in [4.69, 9.17) is 9.95 Å². The van der Waals surface area contributed by atoms with Crippen LogP contribution in [0.5, 0.6) is 0 Å². The van der Waals surface area contributed by atoms with Gasteiger partial charge in [0.2, 0.25) is 0 Å². The van der Waals surface area contributed by atoms with Gasteiger partial charge in [0.15, 0.2) is 0 Å². The van der Waals surface area contributed by atoms with Crippen LogP contribution in [0.15, 0.2) is 21.9 Å². The van der Waals surface area contributed by atoms with E-state index in [2.05, 4.69) is 10.0 Å². The molecule has 1 heterocycles. The van der Waals surface area contributed by atoms with Crippen molar-refractivity contribution in [3.63, 3.8) is 0 Å². The number of aryl methyl sites for hydroxylation is 1. The van der Waals surface area contributed by atoms with Gasteiger partial charge in [-0.05, 0) is 36.3 Å². The van der Waals surface area contributed by atoms with Crippen LogP contribution in [-0.4, -0.2) is 12.3 Å². The van der Waals surface area contributed by atoms with E-state index < -0.39 is 0 Å². The van der Waals surface area contributed by atoms with Crippen molar-refractivity contribution < 1.29 is 4.42 Å². The summed E-state index contributed by atoms with van der Waals surface area (Å²) in [7, 11) is 0. The third-order valence-corrected chi connectivity index (χ3v) is 2.86. The lowest BCUT2D eigenvalue weighted by Crippen LogP contribution is -1.86. The zero-order valence-corrected chi connectivity index (χ0v) is 8.96. The van der Waals surface area contributed by atoms with Gasteiger partial charge >= 0.3 is 0 Å². The lowest BCUT2D eigenvalue weighted by Gasteiger charge is -1.98. The summed E-state index contributed by atoms with van der Waals surface area (Å²) < 4.78 is 5.29. The van der Waals surface area contributed by atoms with Crippen molar-refractivity contribution in [1.82, 2.24) is 0 Å². The Morgan fingerprint density at radius 3 is 3.14 bits per heavy atom. The molecule has 0 unspecified atom stereocenters. The fourth-order valence-corrected chi connectivity index (χ4v) is 1.96. The molecule has 0 aliphatic heterocycles. The summed E-state index contributed by atoms with van der Waals surface area (Å²) in [6.07, 6.45) is 2.64. The molecule has 1 aromatic heterocycles. The van der Waals surface area contributed by atoms with Gasteiger partial charge in [0.05, 0.1) is 12.0 Å². The van der Waals surface area contributed by atoms with E-state index in [0.717, 1.165) is 23.7 Å². The molecule has 0 aliphatic carbocycles. The molecule has 76 valence electrons. The van der Waals surface area contributed by atoms with Gasteiger partial charge < -0.3 is 4.42 Å². The fourth-order valence-electron chi connectivity index (χ4n) is 0.999. The third-order valence-electron chi connectivity index (χ3n) is 1.81. The van der Waals surface area contributed by atoms with Gasteiger partial charge in [-0.25, -0.2) is 0 Å². The standard InChI is InChI=1S/C9H13N3OS/c1-8-3-5-13-9(8)7-14-6-2-4-11-12-10/h3,5H,2,4,6-7H2,1H3. The van der Waals surface area contributed by atoms with Crippen LogP contribution < -0.4 is 0 Å². The molecule has 5 heteroatoms. The first-order valence-electron chi connectivity index (χ1n) is 4.46. The first-order chi connectivity index (χ1) is 6.84. The van der Waals surface area contributed by atoms with Crippen molar-refractivity contribution in [2.75, 3.05) is 12.3 Å². The highest BCUT2D eigenvalue weighted by molar-refractivity contribution is 7.98. The maximum absolute atomic E-state index is 8.05. The molecule has 0 atom stereocenters. The van der Waals surface area contributed by atoms with E-state index in [-0.39, 0.29) is 0 Å². The van der Waals surface area contributed by atoms with E-state index in [1.54, 1.807) is 18.0 Å². The van der Waals surface area contributed by atoms with E-state index in [1.165, 1.54) is 5.56 Å². The second-order valence-electron chi connectivity index (χ2n) is 2.89. The molecule has 0 fully saturated rings. The van der Waals surface area contributed by atoms with Gasteiger partial charge in [0.1, 0.15) is 5.76 Å². The third kappa shape index (κ3) is 3.77. The molecule has 0 radical (unpaired) electrons. The summed E-state index contributed by atoms with van der Waals surface area (Å²) in [6.45, 7) is 2.63. The molecule has 4 nitrogen and oxygen atoms in total. The molecule has 0 N–H and O–H groups in total. The quantitative estimate of drug-likeness (QED) is 0.313. The largest absolute Gasteiger partial charge is 0.468 e. The Bertz CT molecular complexity index is 318. The highest BCUT2D eigenvalue weighted by atomic mass is 32.2. The molecule has 0 aliphatic rings. The van der Waals surface area contributed by atoms with Crippen molar-refractivity contribution in [1.29, 1.82) is 0 Å². The van der Waals surface area contributed by atoms with Gasteiger partial charge in [-0.15, -0.1) is 0 Å². The smallest absolute Gasteiger partial charge is 0.116 e. The Kier molecular flexibility index (Phi) is 5.04. The second kappa shape index (κ2) is 6.40. The molecule has 0 amide bonds. The average Bonchev–Trinajstić information content (AvgIpc) is 2.58. The maximum Gasteiger partial charge on any atom is 0.116 e. The highest BCUT2D eigenvalue weighted by Crippen LogP contribution is 2.17. The zero-order valence-electron chi connectivity index (χ0n) is 8.14. The summed E-state index contributed by atoms with van der Waals surface area (Å²) in [5.41, 5.74) is 9.25. The molecule has 1 rings (SSSR count). The molecule has 0 saturated heterocycles. The SMILES string of the molecule is Cc1ccoc1CSCCCN=[N+]=[N-].